The Morgan fingerprint density at radius 2 is 1.75 bits per heavy atom. The van der Waals surface area contributed by atoms with Crippen LogP contribution in [0.2, 0.25) is 0 Å². The van der Waals surface area contributed by atoms with Crippen LogP contribution in [0.4, 0.5) is 18.0 Å². The summed E-state index contributed by atoms with van der Waals surface area (Å²) >= 11 is 0. The van der Waals surface area contributed by atoms with Crippen LogP contribution in [0.1, 0.15) is 81.2 Å². The maximum absolute atomic E-state index is 13.7. The number of allylic oxidation sites excluding steroid dienone is 3. The number of aromatic hydroxyl groups is 1. The van der Waals surface area contributed by atoms with Gasteiger partial charge in [-0.2, -0.15) is 18.3 Å². The monoisotopic (exact) mass is 721 g/mol. The molecule has 12 heteroatoms. The molecule has 270 valence electrons. The minimum absolute atomic E-state index is 0.0354. The first-order valence-electron chi connectivity index (χ1n) is 16.8. The van der Waals surface area contributed by atoms with Crippen molar-refractivity contribution >= 4 is 16.1 Å². The molecule has 4 aromatic rings. The molecule has 1 aliphatic rings. The maximum Gasteiger partial charge on any atom is 0.435 e. The van der Waals surface area contributed by atoms with E-state index in [2.05, 4.69) is 18.6 Å². The van der Waals surface area contributed by atoms with E-state index in [0.29, 0.717) is 17.5 Å². The van der Waals surface area contributed by atoms with Crippen molar-refractivity contribution in [2.75, 3.05) is 0 Å². The summed E-state index contributed by atoms with van der Waals surface area (Å²) in [6.07, 6.45) is 1.12. The molecule has 1 aromatic heterocycles. The number of carbonyl (C=O) groups is 1. The van der Waals surface area contributed by atoms with Crippen molar-refractivity contribution in [3.8, 4) is 28.4 Å². The molecule has 2 unspecified atom stereocenters. The van der Waals surface area contributed by atoms with Gasteiger partial charge in [-0.1, -0.05) is 73.4 Å². The van der Waals surface area contributed by atoms with Gasteiger partial charge in [0.2, 0.25) is 0 Å². The average Bonchev–Trinajstić information content (AvgIpc) is 3.51. The second-order valence-corrected chi connectivity index (χ2v) is 14.9. The molecule has 1 amide bonds. The molecule has 51 heavy (non-hydrogen) atoms. The minimum Gasteiger partial charge on any atom is -0.507 e. The summed E-state index contributed by atoms with van der Waals surface area (Å²) in [6.45, 7) is 12.0. The number of sulfonamides is 1. The van der Waals surface area contributed by atoms with E-state index in [4.69, 9.17) is 4.74 Å². The Bertz CT molecular complexity index is 2050. The zero-order valence-electron chi connectivity index (χ0n) is 29.0. The molecule has 1 heterocycles. The summed E-state index contributed by atoms with van der Waals surface area (Å²) in [5, 5.41) is 15.1. The van der Waals surface area contributed by atoms with Crippen LogP contribution in [0.3, 0.4) is 0 Å². The molecule has 0 bridgehead atoms. The molecule has 2 atom stereocenters. The number of nitrogens with one attached hydrogen (secondary N) is 1. The first kappa shape index (κ1) is 37.4. The second-order valence-electron chi connectivity index (χ2n) is 13.2. The molecule has 1 aliphatic carbocycles. The van der Waals surface area contributed by atoms with Gasteiger partial charge < -0.3 is 9.84 Å². The number of hydrogen-bond donors (Lipinski definition) is 2. The van der Waals surface area contributed by atoms with Crippen molar-refractivity contribution in [2.24, 2.45) is 5.92 Å². The second kappa shape index (κ2) is 15.2. The molecule has 0 radical (unpaired) electrons. The number of carbonyl (C=O) groups excluding carboxylic acids is 1. The van der Waals surface area contributed by atoms with Crippen LogP contribution in [0.25, 0.3) is 16.9 Å². The Morgan fingerprint density at radius 1 is 1.06 bits per heavy atom. The number of phenols is 1. The van der Waals surface area contributed by atoms with Gasteiger partial charge in [-0.15, -0.1) is 0 Å². The van der Waals surface area contributed by atoms with Crippen LogP contribution in [0.15, 0.2) is 95.4 Å². The van der Waals surface area contributed by atoms with Crippen LogP contribution in [0.5, 0.6) is 11.5 Å². The lowest BCUT2D eigenvalue weighted by Gasteiger charge is -2.32. The van der Waals surface area contributed by atoms with Gasteiger partial charge in [0, 0.05) is 17.0 Å². The van der Waals surface area contributed by atoms with E-state index in [-0.39, 0.29) is 39.6 Å². The molecule has 0 saturated heterocycles. The number of aryl methyl sites for hydroxylation is 2. The number of nitrogens with zero attached hydrogens (tertiary/aromatic N) is 2. The topological polar surface area (TPSA) is 111 Å². The zero-order chi connectivity index (χ0) is 37.1. The fraction of sp³-hybridized carbons (Fsp3) is 0.333. The van der Waals surface area contributed by atoms with E-state index < -0.39 is 28.0 Å². The summed E-state index contributed by atoms with van der Waals surface area (Å²) in [5.41, 5.74) is 3.77. The van der Waals surface area contributed by atoms with E-state index >= 15 is 0 Å². The predicted molar refractivity (Wildman–Crippen MR) is 190 cm³/mol. The SMILES string of the molecule is C=C(C)C1CCC(C)=CC1c1c(O)cc(CCCCC)cc1OC(=O)NS(=O)(=O)c1ccc(-n2nc(C(F)(F)F)cc2-c2ccc(C)cc2)cc1. The fourth-order valence-electron chi connectivity index (χ4n) is 6.42. The number of halogens is 3. The van der Waals surface area contributed by atoms with Gasteiger partial charge in [0.1, 0.15) is 11.5 Å². The first-order chi connectivity index (χ1) is 24.1. The number of unbranched alkanes of at least 4 members (excludes halogenated alkanes) is 2. The number of amides is 1. The van der Waals surface area contributed by atoms with Gasteiger partial charge in [0.05, 0.1) is 16.3 Å². The first-order valence-corrected chi connectivity index (χ1v) is 18.3. The smallest absolute Gasteiger partial charge is 0.435 e. The van der Waals surface area contributed by atoms with Crippen LogP contribution in [-0.4, -0.2) is 29.4 Å². The highest BCUT2D eigenvalue weighted by Gasteiger charge is 2.36. The van der Waals surface area contributed by atoms with E-state index in [0.717, 1.165) is 77.3 Å². The van der Waals surface area contributed by atoms with Crippen molar-refractivity contribution < 1.29 is 36.2 Å². The lowest BCUT2D eigenvalue weighted by Crippen LogP contribution is -2.33. The van der Waals surface area contributed by atoms with Crippen LogP contribution in [-0.2, 0) is 22.6 Å². The van der Waals surface area contributed by atoms with Crippen molar-refractivity contribution in [1.29, 1.82) is 0 Å². The molecule has 0 fully saturated rings. The number of benzene rings is 3. The number of phenolic OH excluding ortho intramolecular Hbond substituents is 1. The standard InChI is InChI=1S/C39H42F3N3O5S/c1-6-7-8-9-27-21-34(46)37(32-20-26(5)12-19-31(32)24(2)3)35(22-27)50-38(47)44-51(48,49)30-17-15-29(16-18-30)45-33(23-36(43-45)39(40,41)42)28-13-10-25(4)11-14-28/h10-11,13-18,20-23,31-32,46H,2,6-9,12,19H2,1,3-5H3,(H,44,47). The Kier molecular flexibility index (Phi) is 11.1. The Balaban J connectivity index is 1.43. The zero-order valence-corrected chi connectivity index (χ0v) is 29.9. The molecule has 0 spiro atoms. The Labute approximate surface area is 296 Å². The van der Waals surface area contributed by atoms with Gasteiger partial charge in [-0.3, -0.25) is 0 Å². The highest BCUT2D eigenvalue weighted by molar-refractivity contribution is 7.90. The lowest BCUT2D eigenvalue weighted by atomic mass is 9.73. The van der Waals surface area contributed by atoms with Gasteiger partial charge in [0.25, 0.3) is 10.0 Å². The van der Waals surface area contributed by atoms with Crippen molar-refractivity contribution in [1.82, 2.24) is 14.5 Å². The van der Waals surface area contributed by atoms with E-state index in [1.54, 1.807) is 36.4 Å². The fourth-order valence-corrected chi connectivity index (χ4v) is 7.29. The van der Waals surface area contributed by atoms with Crippen molar-refractivity contribution in [3.05, 3.63) is 113 Å². The Morgan fingerprint density at radius 3 is 2.37 bits per heavy atom. The molecule has 0 saturated carbocycles. The van der Waals surface area contributed by atoms with Gasteiger partial charge in [-0.05, 0) is 100 Å². The molecular formula is C39H42F3N3O5S. The third kappa shape index (κ3) is 8.73. The van der Waals surface area contributed by atoms with E-state index in [1.165, 1.54) is 12.1 Å². The Hall–Kier alpha value is -4.84. The quantitative estimate of drug-likeness (QED) is 0.118. The van der Waals surface area contributed by atoms with E-state index in [1.807, 2.05) is 31.6 Å². The molecule has 2 N–H and O–H groups in total. The summed E-state index contributed by atoms with van der Waals surface area (Å²) in [5.74, 6) is -0.385. The minimum atomic E-state index is -4.71. The van der Waals surface area contributed by atoms with Crippen LogP contribution < -0.4 is 9.46 Å². The summed E-state index contributed by atoms with van der Waals surface area (Å²) < 4.78 is 76.4. The molecular weight excluding hydrogens is 680 g/mol. The lowest BCUT2D eigenvalue weighted by molar-refractivity contribution is -0.141. The number of rotatable bonds is 11. The summed E-state index contributed by atoms with van der Waals surface area (Å²) in [7, 11) is -4.49. The molecule has 8 nitrogen and oxygen atoms in total. The molecule has 0 aliphatic heterocycles. The van der Waals surface area contributed by atoms with Gasteiger partial charge >= 0.3 is 12.3 Å². The average molecular weight is 722 g/mol. The third-order valence-electron chi connectivity index (χ3n) is 9.12. The third-order valence-corrected chi connectivity index (χ3v) is 10.4. The van der Waals surface area contributed by atoms with Crippen molar-refractivity contribution in [2.45, 2.75) is 83.2 Å². The van der Waals surface area contributed by atoms with Crippen LogP contribution >= 0.6 is 0 Å². The number of alkyl halides is 3. The normalized spacial score (nSPS) is 16.4. The number of hydrogen-bond acceptors (Lipinski definition) is 6. The van der Waals surface area contributed by atoms with E-state index in [9.17, 15) is 31.5 Å². The predicted octanol–water partition coefficient (Wildman–Crippen LogP) is 9.80. The largest absolute Gasteiger partial charge is 0.507 e. The maximum atomic E-state index is 13.7. The highest BCUT2D eigenvalue weighted by Crippen LogP contribution is 2.47. The van der Waals surface area contributed by atoms with Crippen LogP contribution in [0, 0.1) is 12.8 Å². The van der Waals surface area contributed by atoms with Crippen molar-refractivity contribution in [3.63, 3.8) is 0 Å². The molecule has 3 aromatic carbocycles. The number of aromatic nitrogens is 2. The summed E-state index contributed by atoms with van der Waals surface area (Å²) in [6, 6.07) is 16.1. The number of ether oxygens (including phenoxy) is 1. The van der Waals surface area contributed by atoms with Gasteiger partial charge in [-0.25, -0.2) is 22.6 Å². The summed E-state index contributed by atoms with van der Waals surface area (Å²) in [4.78, 5) is 12.9. The van der Waals surface area contributed by atoms with Gasteiger partial charge in [0.15, 0.2) is 5.69 Å². The molecule has 5 rings (SSSR count). The highest BCUT2D eigenvalue weighted by atomic mass is 32.2.